The van der Waals surface area contributed by atoms with Gasteiger partial charge in [-0.1, -0.05) is 49.3 Å². The van der Waals surface area contributed by atoms with E-state index < -0.39 is 0 Å². The maximum atomic E-state index is 13.7. The van der Waals surface area contributed by atoms with Crippen LogP contribution in [0.25, 0.3) is 11.4 Å². The summed E-state index contributed by atoms with van der Waals surface area (Å²) in [7, 11) is 0. The van der Waals surface area contributed by atoms with Crippen molar-refractivity contribution in [2.24, 2.45) is 0 Å². The molecule has 0 unspecified atom stereocenters. The highest BCUT2D eigenvalue weighted by molar-refractivity contribution is 5.91. The first-order chi connectivity index (χ1) is 12.9. The maximum Gasteiger partial charge on any atom is 0.227 e. The van der Waals surface area contributed by atoms with E-state index in [0.29, 0.717) is 35.2 Å². The molecule has 140 valence electrons. The minimum absolute atomic E-state index is 0.121. The summed E-state index contributed by atoms with van der Waals surface area (Å²) < 4.78 is 18.9. The molecule has 0 saturated carbocycles. The van der Waals surface area contributed by atoms with Gasteiger partial charge < -0.3 is 9.84 Å². The molecule has 1 aromatic heterocycles. The van der Waals surface area contributed by atoms with Crippen molar-refractivity contribution < 1.29 is 13.7 Å². The normalized spacial score (nSPS) is 11.0. The van der Waals surface area contributed by atoms with E-state index in [1.165, 1.54) is 6.07 Å². The summed E-state index contributed by atoms with van der Waals surface area (Å²) >= 11 is 0. The van der Waals surface area contributed by atoms with Gasteiger partial charge in [-0.3, -0.25) is 4.79 Å². The number of aryl methyl sites for hydroxylation is 2. The van der Waals surface area contributed by atoms with Crippen LogP contribution in [-0.2, 0) is 11.2 Å². The fourth-order valence-corrected chi connectivity index (χ4v) is 2.75. The van der Waals surface area contributed by atoms with Gasteiger partial charge in [-0.15, -0.1) is 0 Å². The van der Waals surface area contributed by atoms with Crippen molar-refractivity contribution in [3.8, 4) is 11.4 Å². The quantitative estimate of drug-likeness (QED) is 0.674. The second kappa shape index (κ2) is 8.12. The summed E-state index contributed by atoms with van der Waals surface area (Å²) in [6.07, 6.45) is 0.535. The monoisotopic (exact) mass is 367 g/mol. The first-order valence-corrected chi connectivity index (χ1v) is 8.92. The van der Waals surface area contributed by atoms with Crippen LogP contribution in [-0.4, -0.2) is 16.0 Å². The second-order valence-corrected chi connectivity index (χ2v) is 6.77. The van der Waals surface area contributed by atoms with Crippen LogP contribution in [0.3, 0.4) is 0 Å². The Balaban J connectivity index is 1.62. The number of amides is 1. The van der Waals surface area contributed by atoms with Crippen LogP contribution in [0.1, 0.15) is 43.2 Å². The molecule has 6 heteroatoms. The zero-order valence-electron chi connectivity index (χ0n) is 15.6. The number of hydrogen-bond donors (Lipinski definition) is 1. The van der Waals surface area contributed by atoms with Gasteiger partial charge in [0.2, 0.25) is 17.6 Å². The molecule has 0 aliphatic carbocycles. The van der Waals surface area contributed by atoms with E-state index in [9.17, 15) is 9.18 Å². The van der Waals surface area contributed by atoms with Gasteiger partial charge in [0.1, 0.15) is 5.82 Å². The molecule has 3 aromatic rings. The number of anilines is 1. The smallest absolute Gasteiger partial charge is 0.227 e. The summed E-state index contributed by atoms with van der Waals surface area (Å²) in [6, 6.07) is 12.5. The number of para-hydroxylation sites is 1. The minimum atomic E-state index is -0.318. The summed E-state index contributed by atoms with van der Waals surface area (Å²) in [5.41, 5.74) is 3.01. The molecule has 0 spiro atoms. The molecule has 0 bridgehead atoms. The van der Waals surface area contributed by atoms with Gasteiger partial charge in [0, 0.05) is 24.1 Å². The lowest BCUT2D eigenvalue weighted by molar-refractivity contribution is -0.116. The number of hydrogen-bond acceptors (Lipinski definition) is 4. The van der Waals surface area contributed by atoms with Gasteiger partial charge in [0.25, 0.3) is 0 Å². The largest absolute Gasteiger partial charge is 0.339 e. The number of carbonyl (C=O) groups excluding carboxylic acids is 1. The SMILES string of the molecule is Cc1ccc(-c2noc(CCC(=O)Nc3ccccc3C(C)C)n2)cc1F. The fourth-order valence-electron chi connectivity index (χ4n) is 2.75. The van der Waals surface area contributed by atoms with Crippen LogP contribution in [0.15, 0.2) is 47.0 Å². The highest BCUT2D eigenvalue weighted by Crippen LogP contribution is 2.24. The van der Waals surface area contributed by atoms with Crippen molar-refractivity contribution >= 4 is 11.6 Å². The number of rotatable bonds is 6. The second-order valence-electron chi connectivity index (χ2n) is 6.77. The van der Waals surface area contributed by atoms with Crippen molar-refractivity contribution in [3.63, 3.8) is 0 Å². The molecular weight excluding hydrogens is 345 g/mol. The van der Waals surface area contributed by atoms with E-state index in [0.717, 1.165) is 11.3 Å². The Hall–Kier alpha value is -3.02. The zero-order chi connectivity index (χ0) is 19.4. The number of halogens is 1. The Kier molecular flexibility index (Phi) is 5.64. The van der Waals surface area contributed by atoms with Crippen LogP contribution in [0, 0.1) is 12.7 Å². The van der Waals surface area contributed by atoms with Gasteiger partial charge in [-0.05, 0) is 36.1 Å². The van der Waals surface area contributed by atoms with Crippen LogP contribution in [0.4, 0.5) is 10.1 Å². The molecular formula is C21H22FN3O2. The van der Waals surface area contributed by atoms with Crippen LogP contribution >= 0.6 is 0 Å². The summed E-state index contributed by atoms with van der Waals surface area (Å²) in [4.78, 5) is 16.5. The van der Waals surface area contributed by atoms with Crippen LogP contribution in [0.2, 0.25) is 0 Å². The van der Waals surface area contributed by atoms with Gasteiger partial charge in [0.05, 0.1) is 0 Å². The van der Waals surface area contributed by atoms with E-state index in [2.05, 4.69) is 29.3 Å². The Labute approximate surface area is 157 Å². The van der Waals surface area contributed by atoms with Gasteiger partial charge in [-0.2, -0.15) is 4.98 Å². The van der Waals surface area contributed by atoms with Crippen molar-refractivity contribution in [2.75, 3.05) is 5.32 Å². The van der Waals surface area contributed by atoms with E-state index in [1.807, 2.05) is 24.3 Å². The van der Waals surface area contributed by atoms with E-state index >= 15 is 0 Å². The number of nitrogens with zero attached hydrogens (tertiary/aromatic N) is 2. The van der Waals surface area contributed by atoms with Crippen molar-refractivity contribution in [3.05, 3.63) is 65.3 Å². The lowest BCUT2D eigenvalue weighted by Crippen LogP contribution is -2.14. The molecule has 0 aliphatic heterocycles. The minimum Gasteiger partial charge on any atom is -0.339 e. The molecule has 3 rings (SSSR count). The van der Waals surface area contributed by atoms with E-state index in [-0.39, 0.29) is 18.1 Å². The summed E-state index contributed by atoms with van der Waals surface area (Å²) in [5, 5.41) is 6.81. The van der Waals surface area contributed by atoms with Gasteiger partial charge >= 0.3 is 0 Å². The fraction of sp³-hybridized carbons (Fsp3) is 0.286. The van der Waals surface area contributed by atoms with Crippen molar-refractivity contribution in [2.45, 2.75) is 39.5 Å². The molecule has 27 heavy (non-hydrogen) atoms. The molecule has 1 N–H and O–H groups in total. The standard InChI is InChI=1S/C21H22FN3O2/c1-13(2)16-6-4-5-7-18(16)23-19(26)10-11-20-24-21(25-27-20)15-9-8-14(3)17(22)12-15/h4-9,12-13H,10-11H2,1-3H3,(H,23,26). The van der Waals surface area contributed by atoms with Gasteiger partial charge in [-0.25, -0.2) is 4.39 Å². The molecule has 0 saturated heterocycles. The third-order valence-electron chi connectivity index (χ3n) is 4.32. The zero-order valence-corrected chi connectivity index (χ0v) is 15.6. The molecule has 2 aromatic carbocycles. The third-order valence-corrected chi connectivity index (χ3v) is 4.32. The average molecular weight is 367 g/mol. The first-order valence-electron chi connectivity index (χ1n) is 8.92. The Morgan fingerprint density at radius 1 is 1.22 bits per heavy atom. The topological polar surface area (TPSA) is 68.0 Å². The number of aromatic nitrogens is 2. The molecule has 0 atom stereocenters. The highest BCUT2D eigenvalue weighted by Gasteiger charge is 2.13. The van der Waals surface area contributed by atoms with Crippen molar-refractivity contribution in [1.82, 2.24) is 10.1 Å². The van der Waals surface area contributed by atoms with Crippen molar-refractivity contribution in [1.29, 1.82) is 0 Å². The summed E-state index contributed by atoms with van der Waals surface area (Å²) in [6.45, 7) is 5.86. The molecule has 1 heterocycles. The van der Waals surface area contributed by atoms with Crippen LogP contribution < -0.4 is 5.32 Å². The predicted octanol–water partition coefficient (Wildman–Crippen LogP) is 4.88. The number of benzene rings is 2. The lowest BCUT2D eigenvalue weighted by Gasteiger charge is -2.13. The van der Waals surface area contributed by atoms with E-state index in [4.69, 9.17) is 4.52 Å². The Morgan fingerprint density at radius 3 is 2.74 bits per heavy atom. The molecule has 0 radical (unpaired) electrons. The van der Waals surface area contributed by atoms with Gasteiger partial charge in [0.15, 0.2) is 0 Å². The molecule has 0 fully saturated rings. The molecule has 1 amide bonds. The highest BCUT2D eigenvalue weighted by atomic mass is 19.1. The lowest BCUT2D eigenvalue weighted by atomic mass is 10.0. The molecule has 0 aliphatic rings. The van der Waals surface area contributed by atoms with E-state index in [1.54, 1.807) is 19.1 Å². The first kappa shape index (κ1) is 18.8. The summed E-state index contributed by atoms with van der Waals surface area (Å²) in [5.74, 6) is 0.536. The number of carbonyl (C=O) groups is 1. The Morgan fingerprint density at radius 2 is 2.00 bits per heavy atom. The maximum absolute atomic E-state index is 13.7. The Bertz CT molecular complexity index is 950. The number of nitrogens with one attached hydrogen (secondary N) is 1. The van der Waals surface area contributed by atoms with Crippen LogP contribution in [0.5, 0.6) is 0 Å². The third kappa shape index (κ3) is 4.58. The molecule has 5 nitrogen and oxygen atoms in total. The predicted molar refractivity (Wildman–Crippen MR) is 102 cm³/mol. The average Bonchev–Trinajstić information content (AvgIpc) is 3.11.